The van der Waals surface area contributed by atoms with E-state index in [1.165, 1.54) is 45.1 Å². The number of hydrogen-bond donors (Lipinski definition) is 1. The van der Waals surface area contributed by atoms with Gasteiger partial charge in [-0.2, -0.15) is 0 Å². The third kappa shape index (κ3) is 2.20. The van der Waals surface area contributed by atoms with Crippen LogP contribution in [0.5, 0.6) is 0 Å². The van der Waals surface area contributed by atoms with E-state index in [4.69, 9.17) is 0 Å². The van der Waals surface area contributed by atoms with E-state index in [9.17, 15) is 0 Å². The second kappa shape index (κ2) is 4.06. The Morgan fingerprint density at radius 2 is 1.52 bits per heavy atom. The van der Waals surface area contributed by atoms with E-state index in [0.717, 1.165) is 12.5 Å². The topological polar surface area (TPSA) is 15.3 Å². The van der Waals surface area contributed by atoms with Gasteiger partial charge < -0.3 is 5.32 Å². The van der Waals surface area contributed by atoms with Crippen LogP contribution < -0.4 is 5.32 Å². The third-order valence-electron chi connectivity index (χ3n) is 7.18. The molecule has 1 heterocycles. The molecule has 5 fully saturated rings. The van der Waals surface area contributed by atoms with Gasteiger partial charge in [0.1, 0.15) is 0 Å². The molecular weight excluding hydrogens is 256 g/mol. The molecule has 120 valence electrons. The predicted molar refractivity (Wildman–Crippen MR) is 88.4 cm³/mol. The third-order valence-corrected chi connectivity index (χ3v) is 7.18. The maximum atomic E-state index is 3.75. The second-order valence-electron chi connectivity index (χ2n) is 10.6. The van der Waals surface area contributed by atoms with Gasteiger partial charge in [-0.25, -0.2) is 0 Å². The molecule has 1 aliphatic heterocycles. The highest BCUT2D eigenvalue weighted by atomic mass is 15.3. The zero-order valence-corrected chi connectivity index (χ0v) is 14.8. The average molecular weight is 290 g/mol. The molecule has 21 heavy (non-hydrogen) atoms. The maximum absolute atomic E-state index is 3.75. The van der Waals surface area contributed by atoms with Gasteiger partial charge >= 0.3 is 0 Å². The summed E-state index contributed by atoms with van der Waals surface area (Å²) in [5.41, 5.74) is 2.05. The van der Waals surface area contributed by atoms with Crippen molar-refractivity contribution in [1.82, 2.24) is 10.2 Å². The van der Waals surface area contributed by atoms with Crippen molar-refractivity contribution in [2.45, 2.75) is 90.3 Å². The molecule has 5 aliphatic rings. The monoisotopic (exact) mass is 290 g/mol. The summed E-state index contributed by atoms with van der Waals surface area (Å²) in [6, 6.07) is 0.696. The molecular formula is C19H34N2. The Bertz CT molecular complexity index is 436. The van der Waals surface area contributed by atoms with Crippen LogP contribution in [0.15, 0.2) is 0 Å². The van der Waals surface area contributed by atoms with E-state index in [0.29, 0.717) is 22.4 Å². The summed E-state index contributed by atoms with van der Waals surface area (Å²) in [5.74, 6) is 1.00. The van der Waals surface area contributed by atoms with E-state index in [2.05, 4.69) is 44.8 Å². The van der Waals surface area contributed by atoms with Crippen LogP contribution in [0, 0.1) is 16.7 Å². The van der Waals surface area contributed by atoms with Crippen LogP contribution in [-0.2, 0) is 0 Å². The highest BCUT2D eigenvalue weighted by Gasteiger charge is 2.62. The summed E-state index contributed by atoms with van der Waals surface area (Å²) in [5, 5.41) is 3.75. The molecule has 0 aromatic rings. The molecule has 0 amide bonds. The van der Waals surface area contributed by atoms with Gasteiger partial charge in [0.15, 0.2) is 0 Å². The van der Waals surface area contributed by atoms with Crippen LogP contribution in [0.25, 0.3) is 0 Å². The second-order valence-corrected chi connectivity index (χ2v) is 10.6. The first-order valence-corrected chi connectivity index (χ1v) is 9.15. The lowest BCUT2D eigenvalue weighted by Gasteiger charge is -2.69. The molecule has 0 aromatic heterocycles. The van der Waals surface area contributed by atoms with Gasteiger partial charge in [-0.05, 0) is 76.0 Å². The fraction of sp³-hybridized carbons (Fsp3) is 1.00. The van der Waals surface area contributed by atoms with Crippen LogP contribution in [0.3, 0.4) is 0 Å². The first kappa shape index (κ1) is 14.5. The molecule has 3 atom stereocenters. The van der Waals surface area contributed by atoms with Crippen molar-refractivity contribution in [3.8, 4) is 0 Å². The molecule has 4 saturated carbocycles. The van der Waals surface area contributed by atoms with E-state index in [-0.39, 0.29) is 5.54 Å². The SMILES string of the molecule is CC1CNC(C)(C)CN1C12CC3CC(C)(CC(C)(C3)C1)C2. The Labute approximate surface area is 131 Å². The minimum atomic E-state index is 0.275. The molecule has 3 unspecified atom stereocenters. The Kier molecular flexibility index (Phi) is 2.80. The standard InChI is InChI=1S/C19H34N2/c1-14-9-20-16(2,3)13-21(14)19-8-15-6-17(4,11-19)10-18(5,7-15)12-19/h14-15,20H,6-13H2,1-5H3. The van der Waals surface area contributed by atoms with Crippen LogP contribution in [-0.4, -0.2) is 35.1 Å². The van der Waals surface area contributed by atoms with Crippen molar-refractivity contribution >= 4 is 0 Å². The molecule has 1 N–H and O–H groups in total. The van der Waals surface area contributed by atoms with Gasteiger partial charge in [0.25, 0.3) is 0 Å². The summed E-state index contributed by atoms with van der Waals surface area (Å²) in [7, 11) is 0. The zero-order valence-electron chi connectivity index (χ0n) is 14.8. The van der Waals surface area contributed by atoms with Gasteiger partial charge in [0.05, 0.1) is 0 Å². The van der Waals surface area contributed by atoms with Crippen molar-refractivity contribution in [2.24, 2.45) is 16.7 Å². The number of nitrogens with zero attached hydrogens (tertiary/aromatic N) is 1. The quantitative estimate of drug-likeness (QED) is 0.790. The lowest BCUT2D eigenvalue weighted by Crippen LogP contribution is -2.72. The molecule has 1 saturated heterocycles. The lowest BCUT2D eigenvalue weighted by molar-refractivity contribution is -0.178. The summed E-state index contributed by atoms with van der Waals surface area (Å²) in [6.45, 7) is 14.8. The Hall–Kier alpha value is -0.0800. The van der Waals surface area contributed by atoms with E-state index in [1.807, 2.05) is 0 Å². The lowest BCUT2D eigenvalue weighted by atomic mass is 9.42. The maximum Gasteiger partial charge on any atom is 0.0253 e. The average Bonchev–Trinajstić information content (AvgIpc) is 2.27. The normalized spacial score (nSPS) is 55.9. The Balaban J connectivity index is 1.70. The number of nitrogens with one attached hydrogen (secondary N) is 1. The molecule has 0 radical (unpaired) electrons. The van der Waals surface area contributed by atoms with Crippen molar-refractivity contribution < 1.29 is 0 Å². The Morgan fingerprint density at radius 1 is 0.905 bits per heavy atom. The van der Waals surface area contributed by atoms with Gasteiger partial charge in [-0.15, -0.1) is 0 Å². The zero-order chi connectivity index (χ0) is 15.1. The minimum Gasteiger partial charge on any atom is -0.309 e. The van der Waals surface area contributed by atoms with Gasteiger partial charge in [0, 0.05) is 30.2 Å². The van der Waals surface area contributed by atoms with Crippen LogP contribution in [0.4, 0.5) is 0 Å². The first-order valence-electron chi connectivity index (χ1n) is 9.15. The summed E-state index contributed by atoms with van der Waals surface area (Å²) >= 11 is 0. The largest absolute Gasteiger partial charge is 0.309 e. The van der Waals surface area contributed by atoms with Crippen molar-refractivity contribution in [3.05, 3.63) is 0 Å². The van der Waals surface area contributed by atoms with Gasteiger partial charge in [0.2, 0.25) is 0 Å². The first-order chi connectivity index (χ1) is 9.63. The highest BCUT2D eigenvalue weighted by molar-refractivity contribution is 5.16. The van der Waals surface area contributed by atoms with Crippen LogP contribution >= 0.6 is 0 Å². The molecule has 2 heteroatoms. The minimum absolute atomic E-state index is 0.275. The van der Waals surface area contributed by atoms with Crippen LogP contribution in [0.1, 0.15) is 73.1 Å². The van der Waals surface area contributed by atoms with Gasteiger partial charge in [-0.1, -0.05) is 13.8 Å². The molecule has 0 aromatic carbocycles. The number of rotatable bonds is 1. The fourth-order valence-electron chi connectivity index (χ4n) is 7.51. The van der Waals surface area contributed by atoms with Crippen molar-refractivity contribution in [2.75, 3.05) is 13.1 Å². The summed E-state index contributed by atoms with van der Waals surface area (Å²) < 4.78 is 0. The van der Waals surface area contributed by atoms with Crippen molar-refractivity contribution in [3.63, 3.8) is 0 Å². The Morgan fingerprint density at radius 3 is 2.10 bits per heavy atom. The van der Waals surface area contributed by atoms with Crippen molar-refractivity contribution in [1.29, 1.82) is 0 Å². The van der Waals surface area contributed by atoms with E-state index < -0.39 is 0 Å². The van der Waals surface area contributed by atoms with Gasteiger partial charge in [-0.3, -0.25) is 4.90 Å². The molecule has 4 bridgehead atoms. The predicted octanol–water partition coefficient (Wildman–Crippen LogP) is 3.81. The summed E-state index contributed by atoms with van der Waals surface area (Å²) in [6.07, 6.45) is 8.92. The molecule has 0 spiro atoms. The smallest absolute Gasteiger partial charge is 0.0253 e. The summed E-state index contributed by atoms with van der Waals surface area (Å²) in [4.78, 5) is 2.95. The van der Waals surface area contributed by atoms with E-state index >= 15 is 0 Å². The number of piperazine rings is 1. The fourth-order valence-corrected chi connectivity index (χ4v) is 7.51. The highest BCUT2D eigenvalue weighted by Crippen LogP contribution is 2.68. The van der Waals surface area contributed by atoms with Crippen LogP contribution in [0.2, 0.25) is 0 Å². The molecule has 4 aliphatic carbocycles. The molecule has 2 nitrogen and oxygen atoms in total. The number of hydrogen-bond acceptors (Lipinski definition) is 2. The van der Waals surface area contributed by atoms with E-state index in [1.54, 1.807) is 0 Å². The molecule has 5 rings (SSSR count).